The third-order valence-electron chi connectivity index (χ3n) is 3.95. The number of hydrogen-bond acceptors (Lipinski definition) is 8. The smallest absolute Gasteiger partial charge is 0.337 e. The number of hydrogen-bond donors (Lipinski definition) is 1. The molecule has 8 heteroatoms. The molecule has 0 aliphatic heterocycles. The van der Waals surface area contributed by atoms with Gasteiger partial charge in [0.25, 0.3) is 0 Å². The van der Waals surface area contributed by atoms with Crippen molar-refractivity contribution < 1.29 is 13.9 Å². The first kappa shape index (κ1) is 19.0. The zero-order chi connectivity index (χ0) is 20.1. The number of nitrogens with two attached hydrogens (primary N) is 1. The molecule has 0 bridgehead atoms. The summed E-state index contributed by atoms with van der Waals surface area (Å²) in [6.45, 7) is 0. The van der Waals surface area contributed by atoms with Gasteiger partial charge in [-0.25, -0.2) is 9.78 Å². The average molecular weight is 390 g/mol. The number of pyridine rings is 1. The minimum atomic E-state index is -0.424. The zero-order valence-electron chi connectivity index (χ0n) is 14.8. The molecule has 0 saturated carbocycles. The van der Waals surface area contributed by atoms with Crippen molar-refractivity contribution in [3.05, 3.63) is 65.1 Å². The van der Waals surface area contributed by atoms with Gasteiger partial charge >= 0.3 is 5.97 Å². The standard InChI is InChI=1S/C20H14N4O3S/c1-26-20(25)13-4-2-3-12(7-13)11-28-19-16(9-22)17(14-5-6-27-10-14)15(8-21)18(23)24-19/h2-7,10H,11H2,1H3,(H2,23,24). The molecule has 2 N–H and O–H groups in total. The summed E-state index contributed by atoms with van der Waals surface area (Å²) in [5.74, 6) is 0.0685. The lowest BCUT2D eigenvalue weighted by Crippen LogP contribution is -2.03. The van der Waals surface area contributed by atoms with Crippen molar-refractivity contribution >= 4 is 23.5 Å². The number of nitrogens with zero attached hydrogens (tertiary/aromatic N) is 3. The van der Waals surface area contributed by atoms with E-state index in [0.717, 1.165) is 5.56 Å². The predicted octanol–water partition coefficient (Wildman–Crippen LogP) is 3.75. The fourth-order valence-electron chi connectivity index (χ4n) is 2.66. The Balaban J connectivity index is 1.99. The highest BCUT2D eigenvalue weighted by Crippen LogP contribution is 2.36. The van der Waals surface area contributed by atoms with Crippen molar-refractivity contribution in [1.82, 2.24) is 4.98 Å². The molecule has 28 heavy (non-hydrogen) atoms. The van der Waals surface area contributed by atoms with Crippen LogP contribution in [0, 0.1) is 22.7 Å². The Bertz CT molecular complexity index is 1110. The number of anilines is 1. The number of benzene rings is 1. The molecule has 0 atom stereocenters. The quantitative estimate of drug-likeness (QED) is 0.515. The summed E-state index contributed by atoms with van der Waals surface area (Å²) >= 11 is 1.29. The van der Waals surface area contributed by atoms with E-state index in [4.69, 9.17) is 14.9 Å². The lowest BCUT2D eigenvalue weighted by Gasteiger charge is -2.11. The molecule has 0 aliphatic rings. The van der Waals surface area contributed by atoms with E-state index in [0.29, 0.717) is 27.5 Å². The van der Waals surface area contributed by atoms with Crippen LogP contribution in [0.1, 0.15) is 27.0 Å². The Morgan fingerprint density at radius 2 is 2.07 bits per heavy atom. The summed E-state index contributed by atoms with van der Waals surface area (Å²) in [5.41, 5.74) is 8.62. The fourth-order valence-corrected chi connectivity index (χ4v) is 3.59. The van der Waals surface area contributed by atoms with Crippen LogP contribution in [0.3, 0.4) is 0 Å². The average Bonchev–Trinajstić information content (AvgIpc) is 3.25. The number of ether oxygens (including phenoxy) is 1. The van der Waals surface area contributed by atoms with Crippen LogP contribution >= 0.6 is 11.8 Å². The van der Waals surface area contributed by atoms with E-state index >= 15 is 0 Å². The normalized spacial score (nSPS) is 10.1. The van der Waals surface area contributed by atoms with Crippen molar-refractivity contribution in [3.63, 3.8) is 0 Å². The SMILES string of the molecule is COC(=O)c1cccc(CSc2nc(N)c(C#N)c(-c3ccoc3)c2C#N)c1. The van der Waals surface area contributed by atoms with E-state index in [9.17, 15) is 15.3 Å². The van der Waals surface area contributed by atoms with E-state index in [1.807, 2.05) is 12.1 Å². The molecule has 3 rings (SSSR count). The van der Waals surface area contributed by atoms with E-state index in [1.165, 1.54) is 31.4 Å². The van der Waals surface area contributed by atoms with Gasteiger partial charge < -0.3 is 14.9 Å². The van der Waals surface area contributed by atoms with Crippen LogP contribution in [-0.4, -0.2) is 18.1 Å². The maximum Gasteiger partial charge on any atom is 0.337 e. The minimum absolute atomic E-state index is 0.0449. The van der Waals surface area contributed by atoms with Crippen molar-refractivity contribution in [2.45, 2.75) is 10.8 Å². The van der Waals surface area contributed by atoms with Crippen LogP contribution in [0.5, 0.6) is 0 Å². The van der Waals surface area contributed by atoms with Crippen molar-refractivity contribution in [2.24, 2.45) is 0 Å². The Morgan fingerprint density at radius 1 is 1.29 bits per heavy atom. The first-order valence-corrected chi connectivity index (χ1v) is 9.04. The molecule has 2 aromatic heterocycles. The van der Waals surface area contributed by atoms with Crippen LogP contribution in [0.2, 0.25) is 0 Å². The molecule has 0 saturated heterocycles. The Morgan fingerprint density at radius 3 is 2.71 bits per heavy atom. The van der Waals surface area contributed by atoms with Crippen molar-refractivity contribution in [2.75, 3.05) is 12.8 Å². The molecule has 138 valence electrons. The van der Waals surface area contributed by atoms with Crippen LogP contribution in [-0.2, 0) is 10.5 Å². The molecule has 0 amide bonds. The van der Waals surface area contributed by atoms with Crippen LogP contribution in [0.25, 0.3) is 11.1 Å². The molecule has 0 spiro atoms. The van der Waals surface area contributed by atoms with E-state index in [2.05, 4.69) is 11.1 Å². The second kappa shape index (κ2) is 8.30. The third-order valence-corrected chi connectivity index (χ3v) is 5.00. The Labute approximate surface area is 165 Å². The summed E-state index contributed by atoms with van der Waals surface area (Å²) in [6, 6.07) is 12.8. The van der Waals surface area contributed by atoms with Crippen LogP contribution < -0.4 is 5.73 Å². The Kier molecular flexibility index (Phi) is 5.64. The monoisotopic (exact) mass is 390 g/mol. The van der Waals surface area contributed by atoms with Crippen LogP contribution in [0.4, 0.5) is 5.82 Å². The second-order valence-electron chi connectivity index (χ2n) is 5.64. The molecule has 1 aromatic carbocycles. The third kappa shape index (κ3) is 3.68. The molecule has 3 aromatic rings. The number of nitrogen functional groups attached to an aromatic ring is 1. The van der Waals surface area contributed by atoms with Crippen molar-refractivity contribution in [1.29, 1.82) is 10.5 Å². The topological polar surface area (TPSA) is 126 Å². The number of nitriles is 2. The number of carbonyl (C=O) groups excluding carboxylic acids is 1. The molecule has 7 nitrogen and oxygen atoms in total. The minimum Gasteiger partial charge on any atom is -0.472 e. The summed E-state index contributed by atoms with van der Waals surface area (Å²) in [4.78, 5) is 15.9. The van der Waals surface area contributed by atoms with Crippen molar-refractivity contribution in [3.8, 4) is 23.3 Å². The molecule has 2 heterocycles. The number of esters is 1. The molecule has 0 unspecified atom stereocenters. The largest absolute Gasteiger partial charge is 0.472 e. The van der Waals surface area contributed by atoms with Gasteiger partial charge in [-0.3, -0.25) is 0 Å². The van der Waals surface area contributed by atoms with Gasteiger partial charge in [0.1, 0.15) is 28.5 Å². The summed E-state index contributed by atoms with van der Waals surface area (Å²) in [5, 5.41) is 19.6. The number of carbonyl (C=O) groups is 1. The fraction of sp³-hybridized carbons (Fsp3) is 0.100. The van der Waals surface area contributed by atoms with Gasteiger partial charge in [-0.15, -0.1) is 11.8 Å². The van der Waals surface area contributed by atoms with Gasteiger partial charge in [0.2, 0.25) is 0 Å². The van der Waals surface area contributed by atoms with Gasteiger partial charge in [-0.05, 0) is 23.8 Å². The number of aromatic nitrogens is 1. The van der Waals surface area contributed by atoms with Gasteiger partial charge in [-0.2, -0.15) is 10.5 Å². The lowest BCUT2D eigenvalue weighted by atomic mass is 9.99. The molecule has 0 aliphatic carbocycles. The summed E-state index contributed by atoms with van der Waals surface area (Å²) in [6.07, 6.45) is 2.91. The highest BCUT2D eigenvalue weighted by atomic mass is 32.2. The highest BCUT2D eigenvalue weighted by Gasteiger charge is 2.21. The van der Waals surface area contributed by atoms with E-state index in [1.54, 1.807) is 24.3 Å². The number of rotatable bonds is 5. The summed E-state index contributed by atoms with van der Waals surface area (Å²) in [7, 11) is 1.32. The van der Waals surface area contributed by atoms with Crippen LogP contribution in [0.15, 0.2) is 52.3 Å². The van der Waals surface area contributed by atoms with Gasteiger partial charge in [0, 0.05) is 16.9 Å². The van der Waals surface area contributed by atoms with E-state index in [-0.39, 0.29) is 16.9 Å². The number of thioether (sulfide) groups is 1. The lowest BCUT2D eigenvalue weighted by molar-refractivity contribution is 0.0600. The first-order valence-electron chi connectivity index (χ1n) is 8.05. The molecule has 0 fully saturated rings. The maximum atomic E-state index is 11.7. The zero-order valence-corrected chi connectivity index (χ0v) is 15.6. The summed E-state index contributed by atoms with van der Waals surface area (Å²) < 4.78 is 9.82. The second-order valence-corrected chi connectivity index (χ2v) is 6.61. The highest BCUT2D eigenvalue weighted by molar-refractivity contribution is 7.98. The number of furan rings is 1. The molecule has 0 radical (unpaired) electrons. The Hall–Kier alpha value is -3.75. The molecular formula is C20H14N4O3S. The van der Waals surface area contributed by atoms with Gasteiger partial charge in [0.15, 0.2) is 0 Å². The predicted molar refractivity (Wildman–Crippen MR) is 103 cm³/mol. The number of methoxy groups -OCH3 is 1. The molecular weight excluding hydrogens is 376 g/mol. The van der Waals surface area contributed by atoms with E-state index < -0.39 is 5.97 Å². The van der Waals surface area contributed by atoms with Gasteiger partial charge in [-0.1, -0.05) is 12.1 Å². The van der Waals surface area contributed by atoms with Gasteiger partial charge in [0.05, 0.1) is 30.8 Å². The first-order chi connectivity index (χ1) is 13.6. The maximum absolute atomic E-state index is 11.7.